The first-order valence-electron chi connectivity index (χ1n) is 10.8. The van der Waals surface area contributed by atoms with Gasteiger partial charge in [0.2, 0.25) is 10.0 Å². The van der Waals surface area contributed by atoms with Gasteiger partial charge in [0.15, 0.2) is 11.3 Å². The van der Waals surface area contributed by atoms with Crippen molar-refractivity contribution in [2.45, 2.75) is 50.5 Å². The highest BCUT2D eigenvalue weighted by atomic mass is 32.2. The Balaban J connectivity index is 1.83. The van der Waals surface area contributed by atoms with Gasteiger partial charge in [-0.3, -0.25) is 4.79 Å². The second-order valence-corrected chi connectivity index (χ2v) is 9.69. The first-order chi connectivity index (χ1) is 15.3. The molecule has 3 heterocycles. The first kappa shape index (κ1) is 22.4. The van der Waals surface area contributed by atoms with E-state index in [1.165, 1.54) is 27.2 Å². The van der Waals surface area contributed by atoms with Crippen LogP contribution in [0.1, 0.15) is 38.9 Å². The summed E-state index contributed by atoms with van der Waals surface area (Å²) in [5, 5.41) is 14.3. The highest BCUT2D eigenvalue weighted by Crippen LogP contribution is 2.32. The molecule has 3 aromatic rings. The molecule has 0 spiro atoms. The molecule has 0 saturated carbocycles. The number of nitrogens with one attached hydrogen (secondary N) is 1. The molecule has 4 rings (SSSR count). The van der Waals surface area contributed by atoms with Gasteiger partial charge < -0.3 is 14.8 Å². The third-order valence-corrected chi connectivity index (χ3v) is 7.41. The van der Waals surface area contributed by atoms with Gasteiger partial charge in [0.05, 0.1) is 29.4 Å². The van der Waals surface area contributed by atoms with E-state index >= 15 is 0 Å². The number of aromatic amines is 1. The maximum atomic E-state index is 13.2. The summed E-state index contributed by atoms with van der Waals surface area (Å²) in [6.07, 6.45) is 3.29. The van der Waals surface area contributed by atoms with Gasteiger partial charge in [0.1, 0.15) is 11.6 Å². The Morgan fingerprint density at radius 3 is 2.69 bits per heavy atom. The number of sulfonamides is 1. The van der Waals surface area contributed by atoms with Gasteiger partial charge in [0, 0.05) is 19.5 Å². The Kier molecular flexibility index (Phi) is 6.31. The lowest BCUT2D eigenvalue weighted by atomic mass is 10.1. The van der Waals surface area contributed by atoms with E-state index in [2.05, 4.69) is 15.1 Å². The fourth-order valence-corrected chi connectivity index (χ4v) is 5.33. The number of benzene rings is 1. The first-order valence-corrected chi connectivity index (χ1v) is 12.2. The second kappa shape index (κ2) is 9.00. The number of imidazole rings is 1. The van der Waals surface area contributed by atoms with Crippen molar-refractivity contribution >= 4 is 15.5 Å². The number of aliphatic hydroxyl groups excluding tert-OH is 1. The van der Waals surface area contributed by atoms with E-state index in [1.807, 2.05) is 13.8 Å². The van der Waals surface area contributed by atoms with Crippen LogP contribution in [0.25, 0.3) is 16.9 Å². The summed E-state index contributed by atoms with van der Waals surface area (Å²) >= 11 is 0. The molecule has 1 aliphatic heterocycles. The number of H-pyrrole nitrogens is 1. The van der Waals surface area contributed by atoms with Crippen molar-refractivity contribution < 1.29 is 18.3 Å². The highest BCUT2D eigenvalue weighted by molar-refractivity contribution is 7.89. The molecule has 10 nitrogen and oxygen atoms in total. The molecule has 0 bridgehead atoms. The average molecular weight is 462 g/mol. The summed E-state index contributed by atoms with van der Waals surface area (Å²) in [4.78, 5) is 19.8. The van der Waals surface area contributed by atoms with Crippen LogP contribution in [0.2, 0.25) is 0 Å². The van der Waals surface area contributed by atoms with Crippen LogP contribution in [0.3, 0.4) is 0 Å². The van der Waals surface area contributed by atoms with Crippen molar-refractivity contribution in [3.8, 4) is 17.1 Å². The molecule has 2 aromatic heterocycles. The lowest BCUT2D eigenvalue weighted by Gasteiger charge is -2.29. The van der Waals surface area contributed by atoms with Gasteiger partial charge in [-0.1, -0.05) is 6.92 Å². The fourth-order valence-electron chi connectivity index (χ4n) is 3.83. The number of hydrogen-bond donors (Lipinski definition) is 2. The van der Waals surface area contributed by atoms with Gasteiger partial charge in [0.25, 0.3) is 5.56 Å². The zero-order chi connectivity index (χ0) is 22.9. The van der Waals surface area contributed by atoms with Crippen LogP contribution in [0, 0.1) is 0 Å². The molecule has 1 fully saturated rings. The summed E-state index contributed by atoms with van der Waals surface area (Å²) < 4.78 is 35.0. The van der Waals surface area contributed by atoms with Gasteiger partial charge in [-0.05, 0) is 44.4 Å². The Bertz CT molecular complexity index is 1280. The summed E-state index contributed by atoms with van der Waals surface area (Å²) in [5.41, 5.74) is 0.330. The van der Waals surface area contributed by atoms with E-state index in [0.29, 0.717) is 48.5 Å². The molecule has 32 heavy (non-hydrogen) atoms. The highest BCUT2D eigenvalue weighted by Gasteiger charge is 2.29. The molecule has 0 unspecified atom stereocenters. The van der Waals surface area contributed by atoms with E-state index in [9.17, 15) is 18.3 Å². The molecule has 2 N–H and O–H groups in total. The van der Waals surface area contributed by atoms with E-state index in [0.717, 1.165) is 6.42 Å². The molecule has 0 amide bonds. The summed E-state index contributed by atoms with van der Waals surface area (Å²) in [7, 11) is -3.78. The molecule has 1 aromatic carbocycles. The predicted molar refractivity (Wildman–Crippen MR) is 118 cm³/mol. The second-order valence-electron chi connectivity index (χ2n) is 7.75. The standard InChI is InChI=1S/C21H27N5O5S/c1-3-5-19-22-13-17-21(28)23-20(24-26(17)19)16-12-15(6-7-18(16)31-4-2)32(29,30)25-10-8-14(27)9-11-25/h6-7,12-14,27H,3-5,8-11H2,1-2H3,(H,23,24,28). The van der Waals surface area contributed by atoms with Crippen molar-refractivity contribution in [3.63, 3.8) is 0 Å². The fraction of sp³-hybridized carbons (Fsp3) is 0.476. The lowest BCUT2D eigenvalue weighted by Crippen LogP contribution is -2.40. The van der Waals surface area contributed by atoms with Gasteiger partial charge in [-0.2, -0.15) is 4.31 Å². The van der Waals surface area contributed by atoms with Gasteiger partial charge in [-0.15, -0.1) is 5.10 Å². The van der Waals surface area contributed by atoms with Crippen molar-refractivity contribution in [2.24, 2.45) is 0 Å². The van der Waals surface area contributed by atoms with E-state index in [-0.39, 0.29) is 29.4 Å². The largest absolute Gasteiger partial charge is 0.493 e. The minimum Gasteiger partial charge on any atom is -0.493 e. The van der Waals surface area contributed by atoms with Gasteiger partial charge in [-0.25, -0.2) is 17.9 Å². The Hall–Kier alpha value is -2.76. The maximum absolute atomic E-state index is 13.2. The molecule has 0 atom stereocenters. The van der Waals surface area contributed by atoms with E-state index < -0.39 is 16.1 Å². The summed E-state index contributed by atoms with van der Waals surface area (Å²) in [6.45, 7) is 4.70. The van der Waals surface area contributed by atoms with E-state index in [4.69, 9.17) is 4.74 Å². The smallest absolute Gasteiger partial charge is 0.277 e. The number of ether oxygens (including phenoxy) is 1. The van der Waals surface area contributed by atoms with Crippen LogP contribution in [0.4, 0.5) is 0 Å². The number of hydrogen-bond acceptors (Lipinski definition) is 7. The van der Waals surface area contributed by atoms with Crippen molar-refractivity contribution in [1.82, 2.24) is 23.9 Å². The average Bonchev–Trinajstić information content (AvgIpc) is 3.18. The topological polar surface area (TPSA) is 130 Å². The van der Waals surface area contributed by atoms with Crippen LogP contribution in [-0.4, -0.2) is 63.2 Å². The number of fused-ring (bicyclic) bond motifs is 1. The number of nitrogens with zero attached hydrogens (tertiary/aromatic N) is 4. The number of piperidine rings is 1. The lowest BCUT2D eigenvalue weighted by molar-refractivity contribution is 0.113. The van der Waals surface area contributed by atoms with Crippen LogP contribution in [0.15, 0.2) is 34.1 Å². The van der Waals surface area contributed by atoms with E-state index in [1.54, 1.807) is 6.07 Å². The third-order valence-electron chi connectivity index (χ3n) is 5.51. The summed E-state index contributed by atoms with van der Waals surface area (Å²) in [5.74, 6) is 1.27. The number of rotatable bonds is 7. The molecular weight excluding hydrogens is 434 g/mol. The number of aromatic nitrogens is 4. The van der Waals surface area contributed by atoms with Crippen LogP contribution in [-0.2, 0) is 16.4 Å². The number of aliphatic hydroxyl groups is 1. The van der Waals surface area contributed by atoms with Crippen molar-refractivity contribution in [3.05, 3.63) is 40.6 Å². The van der Waals surface area contributed by atoms with Crippen LogP contribution >= 0.6 is 0 Å². The Labute approximate surface area is 185 Å². The van der Waals surface area contributed by atoms with Gasteiger partial charge >= 0.3 is 0 Å². The van der Waals surface area contributed by atoms with Crippen molar-refractivity contribution in [2.75, 3.05) is 19.7 Å². The Morgan fingerprint density at radius 2 is 2.00 bits per heavy atom. The molecular formula is C21H27N5O5S. The monoisotopic (exact) mass is 461 g/mol. The molecule has 0 radical (unpaired) electrons. The molecule has 1 aliphatic rings. The molecule has 1 saturated heterocycles. The minimum atomic E-state index is -3.78. The SMILES string of the molecule is CCCc1ncc2c(=O)[nH]c(-c3cc(S(=O)(=O)N4CCC(O)CC4)ccc3OCC)nn12. The normalized spacial score (nSPS) is 16.0. The Morgan fingerprint density at radius 1 is 1.25 bits per heavy atom. The zero-order valence-corrected chi connectivity index (χ0v) is 18.9. The molecule has 0 aliphatic carbocycles. The quantitative estimate of drug-likeness (QED) is 0.546. The molecule has 172 valence electrons. The number of aryl methyl sites for hydroxylation is 1. The van der Waals surface area contributed by atoms with Crippen LogP contribution < -0.4 is 10.3 Å². The van der Waals surface area contributed by atoms with Crippen molar-refractivity contribution in [1.29, 1.82) is 0 Å². The summed E-state index contributed by atoms with van der Waals surface area (Å²) in [6, 6.07) is 4.55. The van der Waals surface area contributed by atoms with Crippen LogP contribution in [0.5, 0.6) is 5.75 Å². The predicted octanol–water partition coefficient (Wildman–Crippen LogP) is 1.58. The third kappa shape index (κ3) is 4.15. The zero-order valence-electron chi connectivity index (χ0n) is 18.1. The minimum absolute atomic E-state index is 0.0782. The maximum Gasteiger partial charge on any atom is 0.277 e. The molecule has 11 heteroatoms.